The van der Waals surface area contributed by atoms with E-state index in [-0.39, 0.29) is 10.9 Å². The van der Waals surface area contributed by atoms with Crippen LogP contribution in [-0.4, -0.2) is 35.1 Å². The van der Waals surface area contributed by atoms with E-state index < -0.39 is 22.5 Å². The van der Waals surface area contributed by atoms with E-state index in [1.165, 1.54) is 19.2 Å². The van der Waals surface area contributed by atoms with Gasteiger partial charge in [0.15, 0.2) is 0 Å². The molecule has 0 saturated carbocycles. The Hall–Kier alpha value is -3.52. The molecule has 0 unspecified atom stereocenters. The second-order valence-electron chi connectivity index (χ2n) is 8.06. The summed E-state index contributed by atoms with van der Waals surface area (Å²) in [6, 6.07) is 18.7. The average Bonchev–Trinajstić information content (AvgIpc) is 2.82. The normalized spacial score (nSPS) is 12.0. The molecule has 0 saturated heterocycles. The van der Waals surface area contributed by atoms with Gasteiger partial charge in [-0.25, -0.2) is 8.42 Å². The number of carbonyl (C=O) groups excluding carboxylic acids is 1. The maximum atomic E-state index is 13.7. The Labute approximate surface area is 201 Å². The summed E-state index contributed by atoms with van der Waals surface area (Å²) in [6.45, 7) is 5.17. The summed E-state index contributed by atoms with van der Waals surface area (Å²) in [6.07, 6.45) is 0. The lowest BCUT2D eigenvalue weighted by molar-refractivity contribution is -0.120. The monoisotopic (exact) mass is 482 g/mol. The van der Waals surface area contributed by atoms with E-state index in [0.717, 1.165) is 21.0 Å². The van der Waals surface area contributed by atoms with Gasteiger partial charge in [0, 0.05) is 0 Å². The van der Waals surface area contributed by atoms with E-state index in [1.807, 2.05) is 51.1 Å². The van der Waals surface area contributed by atoms with Gasteiger partial charge in [0.25, 0.3) is 10.0 Å². The molecule has 3 aromatic rings. The van der Waals surface area contributed by atoms with Crippen LogP contribution in [0.3, 0.4) is 0 Å². The third-order valence-electron chi connectivity index (χ3n) is 5.49. The van der Waals surface area contributed by atoms with Crippen molar-refractivity contribution in [3.05, 3.63) is 83.4 Å². The van der Waals surface area contributed by atoms with Crippen LogP contribution in [0.1, 0.15) is 29.7 Å². The number of amides is 1. The first kappa shape index (κ1) is 25.1. The lowest BCUT2D eigenvalue weighted by Crippen LogP contribution is -2.41. The zero-order chi connectivity index (χ0) is 24.9. The Morgan fingerprint density at radius 1 is 0.912 bits per heavy atom. The van der Waals surface area contributed by atoms with E-state index in [4.69, 9.17) is 9.47 Å². The van der Waals surface area contributed by atoms with Crippen molar-refractivity contribution in [3.63, 3.8) is 0 Å². The number of anilines is 1. The molecule has 3 rings (SSSR count). The molecule has 8 heteroatoms. The average molecular weight is 483 g/mol. The van der Waals surface area contributed by atoms with Gasteiger partial charge in [-0.05, 0) is 68.3 Å². The largest absolute Gasteiger partial charge is 0.497 e. The zero-order valence-electron chi connectivity index (χ0n) is 20.0. The highest BCUT2D eigenvalue weighted by molar-refractivity contribution is 7.92. The van der Waals surface area contributed by atoms with Crippen molar-refractivity contribution in [2.75, 3.05) is 25.1 Å². The van der Waals surface area contributed by atoms with Crippen LogP contribution in [0.25, 0.3) is 0 Å². The number of hydrogen-bond donors (Lipinski definition) is 1. The Morgan fingerprint density at radius 2 is 1.53 bits per heavy atom. The van der Waals surface area contributed by atoms with Crippen molar-refractivity contribution < 1.29 is 22.7 Å². The van der Waals surface area contributed by atoms with Crippen molar-refractivity contribution in [2.45, 2.75) is 31.7 Å². The molecule has 1 N–H and O–H groups in total. The summed E-state index contributed by atoms with van der Waals surface area (Å²) >= 11 is 0. The van der Waals surface area contributed by atoms with Crippen molar-refractivity contribution in [1.29, 1.82) is 0 Å². The molecule has 0 fully saturated rings. The molecule has 34 heavy (non-hydrogen) atoms. The van der Waals surface area contributed by atoms with Crippen LogP contribution < -0.4 is 19.1 Å². The number of rotatable bonds is 9. The molecule has 180 valence electrons. The number of sulfonamides is 1. The zero-order valence-corrected chi connectivity index (χ0v) is 20.8. The SMILES string of the molecule is COc1ccc([C@H](C)NC(=O)CN(c2cc(C)ccc2OC)S(=O)(=O)c2ccc(C)cc2)cc1. The summed E-state index contributed by atoms with van der Waals surface area (Å²) in [4.78, 5) is 13.2. The summed E-state index contributed by atoms with van der Waals surface area (Å²) in [5.74, 6) is 0.629. The Balaban J connectivity index is 1.94. The summed E-state index contributed by atoms with van der Waals surface area (Å²) in [5.41, 5.74) is 2.95. The van der Waals surface area contributed by atoms with Gasteiger partial charge in [0.2, 0.25) is 5.91 Å². The van der Waals surface area contributed by atoms with Gasteiger partial charge in [0.1, 0.15) is 18.0 Å². The van der Waals surface area contributed by atoms with Gasteiger partial charge >= 0.3 is 0 Å². The minimum Gasteiger partial charge on any atom is -0.497 e. The van der Waals surface area contributed by atoms with E-state index >= 15 is 0 Å². The lowest BCUT2D eigenvalue weighted by Gasteiger charge is -2.27. The van der Waals surface area contributed by atoms with Gasteiger partial charge in [-0.2, -0.15) is 0 Å². The van der Waals surface area contributed by atoms with E-state index in [9.17, 15) is 13.2 Å². The lowest BCUT2D eigenvalue weighted by atomic mass is 10.1. The fourth-order valence-electron chi connectivity index (χ4n) is 3.53. The standard InChI is InChI=1S/C26H30N2O5S/c1-18-6-13-23(14-7-18)34(30,31)28(24-16-19(2)8-15-25(24)33-5)17-26(29)27-20(3)21-9-11-22(32-4)12-10-21/h6-16,20H,17H2,1-5H3,(H,27,29)/t20-/m0/s1. The number of carbonyl (C=O) groups is 1. The third-order valence-corrected chi connectivity index (χ3v) is 7.27. The number of nitrogens with one attached hydrogen (secondary N) is 1. The molecule has 3 aromatic carbocycles. The molecule has 0 aromatic heterocycles. The minimum atomic E-state index is -4.05. The molecule has 0 radical (unpaired) electrons. The van der Waals surface area contributed by atoms with Crippen molar-refractivity contribution in [2.24, 2.45) is 0 Å². The maximum absolute atomic E-state index is 13.7. The van der Waals surface area contributed by atoms with E-state index in [0.29, 0.717) is 17.2 Å². The Kier molecular flexibility index (Phi) is 7.83. The molecule has 1 atom stereocenters. The van der Waals surface area contributed by atoms with Crippen LogP contribution >= 0.6 is 0 Å². The van der Waals surface area contributed by atoms with Crippen LogP contribution in [0.2, 0.25) is 0 Å². The second-order valence-corrected chi connectivity index (χ2v) is 9.92. The predicted molar refractivity (Wildman–Crippen MR) is 133 cm³/mol. The number of ether oxygens (including phenoxy) is 2. The molecule has 0 aliphatic carbocycles. The van der Waals surface area contributed by atoms with Crippen molar-refractivity contribution in [3.8, 4) is 11.5 Å². The van der Waals surface area contributed by atoms with E-state index in [2.05, 4.69) is 5.32 Å². The summed E-state index contributed by atoms with van der Waals surface area (Å²) in [7, 11) is -0.994. The van der Waals surface area contributed by atoms with Crippen LogP contribution in [0.15, 0.2) is 71.6 Å². The second kappa shape index (κ2) is 10.6. The third kappa shape index (κ3) is 5.69. The highest BCUT2D eigenvalue weighted by Crippen LogP contribution is 2.33. The number of hydrogen-bond acceptors (Lipinski definition) is 5. The van der Waals surface area contributed by atoms with Crippen LogP contribution in [0, 0.1) is 13.8 Å². The molecule has 1 amide bonds. The highest BCUT2D eigenvalue weighted by Gasteiger charge is 2.30. The van der Waals surface area contributed by atoms with E-state index in [1.54, 1.807) is 31.4 Å². The van der Waals surface area contributed by atoms with Crippen LogP contribution in [0.4, 0.5) is 5.69 Å². The molecular weight excluding hydrogens is 452 g/mol. The van der Waals surface area contributed by atoms with Crippen LogP contribution in [0.5, 0.6) is 11.5 Å². The quantitative estimate of drug-likeness (QED) is 0.489. The Morgan fingerprint density at radius 3 is 2.12 bits per heavy atom. The van der Waals surface area contributed by atoms with Gasteiger partial charge in [-0.1, -0.05) is 35.9 Å². The van der Waals surface area contributed by atoms with Gasteiger partial charge in [-0.15, -0.1) is 0 Å². The fraction of sp³-hybridized carbons (Fsp3) is 0.269. The smallest absolute Gasteiger partial charge is 0.264 e. The van der Waals surface area contributed by atoms with Gasteiger partial charge < -0.3 is 14.8 Å². The molecule has 7 nitrogen and oxygen atoms in total. The fourth-order valence-corrected chi connectivity index (χ4v) is 4.95. The molecular formula is C26H30N2O5S. The summed E-state index contributed by atoms with van der Waals surface area (Å²) < 4.78 is 39.0. The van der Waals surface area contributed by atoms with Crippen molar-refractivity contribution >= 4 is 21.6 Å². The Bertz CT molecular complexity index is 1240. The first-order valence-electron chi connectivity index (χ1n) is 10.8. The molecule has 0 spiro atoms. The number of methoxy groups -OCH3 is 2. The topological polar surface area (TPSA) is 84.9 Å². The predicted octanol–water partition coefficient (Wildman–Crippen LogP) is 4.39. The van der Waals surface area contributed by atoms with Gasteiger partial charge in [-0.3, -0.25) is 9.10 Å². The molecule has 0 heterocycles. The van der Waals surface area contributed by atoms with Crippen LogP contribution in [-0.2, 0) is 14.8 Å². The number of aryl methyl sites for hydroxylation is 2. The number of nitrogens with zero attached hydrogens (tertiary/aromatic N) is 1. The number of benzene rings is 3. The first-order valence-corrected chi connectivity index (χ1v) is 12.3. The van der Waals surface area contributed by atoms with Crippen molar-refractivity contribution in [1.82, 2.24) is 5.32 Å². The molecule has 0 aliphatic heterocycles. The molecule has 0 aliphatic rings. The van der Waals surface area contributed by atoms with Gasteiger partial charge in [0.05, 0.1) is 30.8 Å². The summed E-state index contributed by atoms with van der Waals surface area (Å²) in [5, 5.41) is 2.89. The molecule has 0 bridgehead atoms. The first-order chi connectivity index (χ1) is 16.1. The maximum Gasteiger partial charge on any atom is 0.264 e. The highest BCUT2D eigenvalue weighted by atomic mass is 32.2. The minimum absolute atomic E-state index is 0.0951.